The van der Waals surface area contributed by atoms with Gasteiger partial charge < -0.3 is 5.32 Å². The average Bonchev–Trinajstić information content (AvgIpc) is 2.15. The molecule has 0 radical (unpaired) electrons. The van der Waals surface area contributed by atoms with Gasteiger partial charge in [-0.3, -0.25) is 15.1 Å². The molecule has 0 bridgehead atoms. The summed E-state index contributed by atoms with van der Waals surface area (Å²) in [4.78, 5) is 14.3. The summed E-state index contributed by atoms with van der Waals surface area (Å²) in [5, 5.41) is 13.6. The summed E-state index contributed by atoms with van der Waals surface area (Å²) in [5.41, 5.74) is 0.571. The Morgan fingerprint density at radius 2 is 2.43 bits per heavy atom. The molecular formula is C8H10BrN3O2. The van der Waals surface area contributed by atoms with Gasteiger partial charge in [0.1, 0.15) is 5.69 Å². The number of halogens is 1. The van der Waals surface area contributed by atoms with Crippen LogP contribution in [-0.4, -0.2) is 23.5 Å². The normalized spacial score (nSPS) is 10.1. The van der Waals surface area contributed by atoms with Gasteiger partial charge in [-0.25, -0.2) is 0 Å². The number of nitro groups is 1. The lowest BCUT2D eigenvalue weighted by molar-refractivity contribution is -0.386. The molecule has 1 rings (SSSR count). The summed E-state index contributed by atoms with van der Waals surface area (Å²) in [6.07, 6.45) is 2.12. The van der Waals surface area contributed by atoms with Crippen molar-refractivity contribution < 1.29 is 4.92 Å². The van der Waals surface area contributed by atoms with Crippen molar-refractivity contribution in [2.24, 2.45) is 0 Å². The highest BCUT2D eigenvalue weighted by molar-refractivity contribution is 9.10. The zero-order chi connectivity index (χ0) is 10.6. The van der Waals surface area contributed by atoms with Gasteiger partial charge in [0.05, 0.1) is 4.92 Å². The third-order valence-electron chi connectivity index (χ3n) is 1.72. The molecule has 0 aromatic carbocycles. The lowest BCUT2D eigenvalue weighted by Gasteiger charge is -2.01. The Kier molecular flexibility index (Phi) is 3.97. The van der Waals surface area contributed by atoms with E-state index in [1.165, 1.54) is 6.07 Å². The minimum atomic E-state index is -0.414. The summed E-state index contributed by atoms with van der Waals surface area (Å²) in [6, 6.07) is 1.47. The van der Waals surface area contributed by atoms with Gasteiger partial charge >= 0.3 is 0 Å². The molecule has 6 heteroatoms. The maximum atomic E-state index is 10.7. The molecule has 1 aromatic heterocycles. The second kappa shape index (κ2) is 5.02. The topological polar surface area (TPSA) is 68.1 Å². The maximum absolute atomic E-state index is 10.7. The zero-order valence-electron chi connectivity index (χ0n) is 7.66. The zero-order valence-corrected chi connectivity index (χ0v) is 9.24. The minimum absolute atomic E-state index is 0.0645. The van der Waals surface area contributed by atoms with E-state index in [0.29, 0.717) is 23.1 Å². The first-order valence-corrected chi connectivity index (χ1v) is 4.88. The van der Waals surface area contributed by atoms with Gasteiger partial charge in [0.15, 0.2) is 0 Å². The van der Waals surface area contributed by atoms with E-state index in [9.17, 15) is 10.1 Å². The molecule has 1 aromatic rings. The molecular weight excluding hydrogens is 250 g/mol. The van der Waals surface area contributed by atoms with Crippen LogP contribution in [0.4, 0.5) is 5.69 Å². The molecule has 1 heterocycles. The Hall–Kier alpha value is -1.01. The van der Waals surface area contributed by atoms with Crippen molar-refractivity contribution in [1.82, 2.24) is 10.3 Å². The van der Waals surface area contributed by atoms with Crippen LogP contribution in [-0.2, 0) is 6.42 Å². The van der Waals surface area contributed by atoms with E-state index in [0.717, 1.165) is 0 Å². The van der Waals surface area contributed by atoms with Crippen LogP contribution < -0.4 is 5.32 Å². The van der Waals surface area contributed by atoms with Crippen LogP contribution >= 0.6 is 15.9 Å². The number of pyridine rings is 1. The van der Waals surface area contributed by atoms with Crippen molar-refractivity contribution in [2.75, 3.05) is 13.6 Å². The number of aromatic nitrogens is 1. The smallest absolute Gasteiger partial charge is 0.291 e. The minimum Gasteiger partial charge on any atom is -0.319 e. The van der Waals surface area contributed by atoms with E-state index < -0.39 is 4.92 Å². The predicted molar refractivity (Wildman–Crippen MR) is 56.2 cm³/mol. The first kappa shape index (κ1) is 11.1. The SMILES string of the molecule is CNCCc1ncc(Br)cc1[N+](=O)[O-]. The van der Waals surface area contributed by atoms with Crippen LogP contribution in [0.25, 0.3) is 0 Å². The fourth-order valence-corrected chi connectivity index (χ4v) is 1.37. The number of rotatable bonds is 4. The quantitative estimate of drug-likeness (QED) is 0.658. The second-order valence-electron chi connectivity index (χ2n) is 2.73. The van der Waals surface area contributed by atoms with Gasteiger partial charge in [-0.2, -0.15) is 0 Å². The molecule has 14 heavy (non-hydrogen) atoms. The first-order valence-electron chi connectivity index (χ1n) is 4.08. The van der Waals surface area contributed by atoms with E-state index in [-0.39, 0.29) is 5.69 Å². The van der Waals surface area contributed by atoms with E-state index in [4.69, 9.17) is 0 Å². The predicted octanol–water partition coefficient (Wildman–Crippen LogP) is 1.51. The lowest BCUT2D eigenvalue weighted by Crippen LogP contribution is -2.12. The molecule has 76 valence electrons. The van der Waals surface area contributed by atoms with E-state index in [1.807, 2.05) is 0 Å². The Morgan fingerprint density at radius 1 is 1.71 bits per heavy atom. The Labute approximate surface area is 89.8 Å². The highest BCUT2D eigenvalue weighted by atomic mass is 79.9. The van der Waals surface area contributed by atoms with E-state index in [2.05, 4.69) is 26.2 Å². The molecule has 0 saturated carbocycles. The van der Waals surface area contributed by atoms with Crippen molar-refractivity contribution in [2.45, 2.75) is 6.42 Å². The van der Waals surface area contributed by atoms with Crippen molar-refractivity contribution in [1.29, 1.82) is 0 Å². The van der Waals surface area contributed by atoms with Gasteiger partial charge in [-0.1, -0.05) is 0 Å². The summed E-state index contributed by atoms with van der Waals surface area (Å²) in [5.74, 6) is 0. The summed E-state index contributed by atoms with van der Waals surface area (Å²) in [7, 11) is 1.80. The molecule has 0 fully saturated rings. The van der Waals surface area contributed by atoms with Crippen LogP contribution in [0.3, 0.4) is 0 Å². The number of hydrogen-bond acceptors (Lipinski definition) is 4. The standard InChI is InChI=1S/C8H10BrN3O2/c1-10-3-2-7-8(12(13)14)4-6(9)5-11-7/h4-5,10H,2-3H2,1H3. The van der Waals surface area contributed by atoms with Crippen molar-refractivity contribution in [3.05, 3.63) is 32.5 Å². The van der Waals surface area contributed by atoms with Crippen molar-refractivity contribution >= 4 is 21.6 Å². The van der Waals surface area contributed by atoms with Gasteiger partial charge in [0.2, 0.25) is 0 Å². The summed E-state index contributed by atoms with van der Waals surface area (Å²) < 4.78 is 0.623. The largest absolute Gasteiger partial charge is 0.319 e. The third-order valence-corrected chi connectivity index (χ3v) is 2.16. The molecule has 0 amide bonds. The lowest BCUT2D eigenvalue weighted by atomic mass is 10.2. The Balaban J connectivity index is 2.96. The van der Waals surface area contributed by atoms with Gasteiger partial charge in [0, 0.05) is 29.7 Å². The number of nitrogens with zero attached hydrogens (tertiary/aromatic N) is 2. The molecule has 0 atom stereocenters. The first-order chi connectivity index (χ1) is 6.65. The highest BCUT2D eigenvalue weighted by Crippen LogP contribution is 2.21. The molecule has 0 unspecified atom stereocenters. The third kappa shape index (κ3) is 2.74. The number of nitrogens with one attached hydrogen (secondary N) is 1. The molecule has 1 N–H and O–H groups in total. The van der Waals surface area contributed by atoms with Crippen LogP contribution in [0.2, 0.25) is 0 Å². The van der Waals surface area contributed by atoms with Gasteiger partial charge in [-0.15, -0.1) is 0 Å². The van der Waals surface area contributed by atoms with E-state index >= 15 is 0 Å². The maximum Gasteiger partial charge on any atom is 0.291 e. The van der Waals surface area contributed by atoms with Crippen LogP contribution in [0.5, 0.6) is 0 Å². The number of hydrogen-bond donors (Lipinski definition) is 1. The molecule has 5 nitrogen and oxygen atoms in total. The second-order valence-corrected chi connectivity index (χ2v) is 3.65. The summed E-state index contributed by atoms with van der Waals surface area (Å²) >= 11 is 3.15. The van der Waals surface area contributed by atoms with E-state index in [1.54, 1.807) is 13.2 Å². The number of likely N-dealkylation sites (N-methyl/N-ethyl adjacent to an activating group) is 1. The molecule has 0 aliphatic rings. The average molecular weight is 260 g/mol. The Bertz CT molecular complexity index is 343. The van der Waals surface area contributed by atoms with Crippen molar-refractivity contribution in [3.63, 3.8) is 0 Å². The molecule has 0 saturated heterocycles. The van der Waals surface area contributed by atoms with Crippen LogP contribution in [0, 0.1) is 10.1 Å². The molecule has 0 spiro atoms. The van der Waals surface area contributed by atoms with Crippen LogP contribution in [0.15, 0.2) is 16.7 Å². The molecule has 0 aliphatic carbocycles. The highest BCUT2D eigenvalue weighted by Gasteiger charge is 2.14. The molecule has 0 aliphatic heterocycles. The van der Waals surface area contributed by atoms with Gasteiger partial charge in [-0.05, 0) is 23.0 Å². The monoisotopic (exact) mass is 259 g/mol. The fraction of sp³-hybridized carbons (Fsp3) is 0.375. The van der Waals surface area contributed by atoms with Crippen LogP contribution in [0.1, 0.15) is 5.69 Å². The Morgan fingerprint density at radius 3 is 3.00 bits per heavy atom. The fourth-order valence-electron chi connectivity index (χ4n) is 1.05. The van der Waals surface area contributed by atoms with Gasteiger partial charge in [0.25, 0.3) is 5.69 Å². The van der Waals surface area contributed by atoms with Crippen molar-refractivity contribution in [3.8, 4) is 0 Å². The summed E-state index contributed by atoms with van der Waals surface area (Å²) in [6.45, 7) is 0.676.